The van der Waals surface area contributed by atoms with Crippen molar-refractivity contribution in [3.8, 4) is 5.69 Å². The predicted molar refractivity (Wildman–Crippen MR) is 128 cm³/mol. The van der Waals surface area contributed by atoms with Gasteiger partial charge in [-0.3, -0.25) is 14.2 Å². The molecule has 0 fully saturated rings. The molecule has 0 saturated heterocycles. The van der Waals surface area contributed by atoms with Gasteiger partial charge in [-0.05, 0) is 43.2 Å². The zero-order valence-electron chi connectivity index (χ0n) is 18.9. The number of fused-ring (bicyclic) bond motifs is 1. The van der Waals surface area contributed by atoms with Crippen molar-refractivity contribution in [2.45, 2.75) is 45.6 Å². The third-order valence-corrected chi connectivity index (χ3v) is 5.76. The Morgan fingerprint density at radius 2 is 1.97 bits per heavy atom. The molecule has 0 N–H and O–H groups in total. The maximum Gasteiger partial charge on any atom is 0.266 e. The molecule has 1 heterocycles. The van der Waals surface area contributed by atoms with Crippen LogP contribution in [0.5, 0.6) is 0 Å². The average molecular weight is 456 g/mol. The van der Waals surface area contributed by atoms with E-state index in [4.69, 9.17) is 21.3 Å². The quantitative estimate of drug-likeness (QED) is 0.423. The number of hydrogen-bond acceptors (Lipinski definition) is 4. The SMILES string of the molecule is CCCCC(=O)N(CCOC)C(CC)c1nc2ccccc2c(=O)n1-c1cccc(Cl)c1. The molecule has 0 bridgehead atoms. The summed E-state index contributed by atoms with van der Waals surface area (Å²) in [5, 5.41) is 1.05. The van der Waals surface area contributed by atoms with Gasteiger partial charge in [0.15, 0.2) is 0 Å². The van der Waals surface area contributed by atoms with E-state index in [1.165, 1.54) is 0 Å². The Morgan fingerprint density at radius 3 is 2.66 bits per heavy atom. The summed E-state index contributed by atoms with van der Waals surface area (Å²) in [6.07, 6.45) is 2.80. The van der Waals surface area contributed by atoms with E-state index in [2.05, 4.69) is 6.92 Å². The van der Waals surface area contributed by atoms with E-state index < -0.39 is 0 Å². The topological polar surface area (TPSA) is 64.4 Å². The number of rotatable bonds is 10. The molecule has 170 valence electrons. The van der Waals surface area contributed by atoms with Gasteiger partial charge in [0.2, 0.25) is 5.91 Å². The summed E-state index contributed by atoms with van der Waals surface area (Å²) in [6.45, 7) is 4.89. The van der Waals surface area contributed by atoms with Crippen LogP contribution in [0.15, 0.2) is 53.3 Å². The molecule has 0 aliphatic carbocycles. The normalized spacial score (nSPS) is 12.1. The van der Waals surface area contributed by atoms with Crippen LogP contribution in [0.3, 0.4) is 0 Å². The van der Waals surface area contributed by atoms with E-state index in [1.54, 1.807) is 40.8 Å². The van der Waals surface area contributed by atoms with Crippen molar-refractivity contribution in [1.29, 1.82) is 0 Å². The fourth-order valence-corrected chi connectivity index (χ4v) is 4.08. The van der Waals surface area contributed by atoms with Crippen molar-refractivity contribution >= 4 is 28.4 Å². The van der Waals surface area contributed by atoms with Crippen LogP contribution in [0, 0.1) is 0 Å². The van der Waals surface area contributed by atoms with Crippen LogP contribution in [-0.2, 0) is 9.53 Å². The van der Waals surface area contributed by atoms with Crippen molar-refractivity contribution in [1.82, 2.24) is 14.5 Å². The van der Waals surface area contributed by atoms with Crippen molar-refractivity contribution in [2.75, 3.05) is 20.3 Å². The number of carbonyl (C=O) groups excluding carboxylic acids is 1. The van der Waals surface area contributed by atoms with Gasteiger partial charge in [0, 0.05) is 25.1 Å². The molecule has 0 radical (unpaired) electrons. The Kier molecular flexibility index (Phi) is 8.42. The Morgan fingerprint density at radius 1 is 1.19 bits per heavy atom. The van der Waals surface area contributed by atoms with Crippen molar-refractivity contribution in [2.24, 2.45) is 0 Å². The zero-order valence-corrected chi connectivity index (χ0v) is 19.6. The van der Waals surface area contributed by atoms with E-state index in [0.29, 0.717) is 53.4 Å². The lowest BCUT2D eigenvalue weighted by atomic mass is 10.1. The number of carbonyl (C=O) groups is 1. The minimum absolute atomic E-state index is 0.0378. The zero-order chi connectivity index (χ0) is 23.1. The van der Waals surface area contributed by atoms with Gasteiger partial charge in [-0.2, -0.15) is 0 Å². The second-order valence-corrected chi connectivity index (χ2v) is 8.15. The van der Waals surface area contributed by atoms with E-state index in [1.807, 2.05) is 31.2 Å². The Balaban J connectivity index is 2.24. The lowest BCUT2D eigenvalue weighted by Gasteiger charge is -2.32. The Bertz CT molecular complexity index is 1130. The number of methoxy groups -OCH3 is 1. The van der Waals surface area contributed by atoms with Crippen LogP contribution in [-0.4, -0.2) is 40.6 Å². The minimum atomic E-state index is -0.384. The molecule has 7 heteroatoms. The summed E-state index contributed by atoms with van der Waals surface area (Å²) >= 11 is 6.25. The van der Waals surface area contributed by atoms with Crippen LogP contribution in [0.4, 0.5) is 0 Å². The molecule has 2 aromatic carbocycles. The second-order valence-electron chi connectivity index (χ2n) is 7.72. The molecular formula is C25H30ClN3O3. The number of aromatic nitrogens is 2. The number of amides is 1. The van der Waals surface area contributed by atoms with E-state index in [-0.39, 0.29) is 17.5 Å². The van der Waals surface area contributed by atoms with Crippen LogP contribution in [0.2, 0.25) is 5.02 Å². The van der Waals surface area contributed by atoms with Gasteiger partial charge in [-0.1, -0.05) is 50.1 Å². The molecule has 6 nitrogen and oxygen atoms in total. The minimum Gasteiger partial charge on any atom is -0.383 e. The second kappa shape index (κ2) is 11.2. The lowest BCUT2D eigenvalue weighted by molar-refractivity contribution is -0.135. The maximum absolute atomic E-state index is 13.6. The maximum atomic E-state index is 13.6. The number of halogens is 1. The van der Waals surface area contributed by atoms with Gasteiger partial charge >= 0.3 is 0 Å². The molecule has 1 unspecified atom stereocenters. The van der Waals surface area contributed by atoms with Crippen molar-refractivity contribution < 1.29 is 9.53 Å². The first-order chi connectivity index (χ1) is 15.5. The monoisotopic (exact) mass is 455 g/mol. The predicted octanol–water partition coefficient (Wildman–Crippen LogP) is 5.16. The molecule has 1 aromatic heterocycles. The van der Waals surface area contributed by atoms with E-state index >= 15 is 0 Å². The number of hydrogen-bond donors (Lipinski definition) is 0. The fourth-order valence-electron chi connectivity index (χ4n) is 3.90. The summed E-state index contributed by atoms with van der Waals surface area (Å²) in [4.78, 5) is 33.5. The Labute approximate surface area is 193 Å². The first kappa shape index (κ1) is 24.0. The molecule has 32 heavy (non-hydrogen) atoms. The number of benzene rings is 2. The highest BCUT2D eigenvalue weighted by Gasteiger charge is 2.28. The summed E-state index contributed by atoms with van der Waals surface area (Å²) in [5.74, 6) is 0.565. The van der Waals surface area contributed by atoms with Gasteiger partial charge in [-0.25, -0.2) is 4.98 Å². The standard InChI is InChI=1S/C25H30ClN3O3/c1-4-6-14-23(30)28(15-16-32-3)22(5-2)24-27-21-13-8-7-12-20(21)25(31)29(24)19-11-9-10-18(26)17-19/h7-13,17,22H,4-6,14-16H2,1-3H3. The summed E-state index contributed by atoms with van der Waals surface area (Å²) in [7, 11) is 1.62. The lowest BCUT2D eigenvalue weighted by Crippen LogP contribution is -2.40. The van der Waals surface area contributed by atoms with Gasteiger partial charge in [0.1, 0.15) is 5.82 Å². The molecule has 0 saturated carbocycles. The van der Waals surface area contributed by atoms with Gasteiger partial charge in [0.25, 0.3) is 5.56 Å². The van der Waals surface area contributed by atoms with Crippen molar-refractivity contribution in [3.05, 3.63) is 69.7 Å². The third-order valence-electron chi connectivity index (χ3n) is 5.53. The van der Waals surface area contributed by atoms with Gasteiger partial charge < -0.3 is 9.64 Å². The largest absolute Gasteiger partial charge is 0.383 e. The molecule has 3 aromatic rings. The van der Waals surface area contributed by atoms with Gasteiger partial charge in [0.05, 0.1) is 29.2 Å². The highest BCUT2D eigenvalue weighted by Crippen LogP contribution is 2.27. The summed E-state index contributed by atoms with van der Waals surface area (Å²) in [6, 6.07) is 14.0. The van der Waals surface area contributed by atoms with Crippen LogP contribution >= 0.6 is 11.6 Å². The highest BCUT2D eigenvalue weighted by molar-refractivity contribution is 6.30. The first-order valence-electron chi connectivity index (χ1n) is 11.1. The first-order valence-corrected chi connectivity index (χ1v) is 11.5. The molecule has 3 rings (SSSR count). The van der Waals surface area contributed by atoms with Crippen LogP contribution in [0.25, 0.3) is 16.6 Å². The van der Waals surface area contributed by atoms with Crippen molar-refractivity contribution in [3.63, 3.8) is 0 Å². The Hall–Kier alpha value is -2.70. The van der Waals surface area contributed by atoms with Crippen LogP contribution < -0.4 is 5.56 Å². The number of para-hydroxylation sites is 1. The summed E-state index contributed by atoms with van der Waals surface area (Å²) < 4.78 is 6.87. The number of ether oxygens (including phenoxy) is 1. The fraction of sp³-hybridized carbons (Fsp3) is 0.400. The molecule has 1 amide bonds. The van der Waals surface area contributed by atoms with Crippen LogP contribution in [0.1, 0.15) is 51.4 Å². The molecule has 0 spiro atoms. The third kappa shape index (κ3) is 5.19. The highest BCUT2D eigenvalue weighted by atomic mass is 35.5. The van der Waals surface area contributed by atoms with Gasteiger partial charge in [-0.15, -0.1) is 0 Å². The average Bonchev–Trinajstić information content (AvgIpc) is 2.80. The summed E-state index contributed by atoms with van der Waals surface area (Å²) in [5.41, 5.74) is 1.05. The van der Waals surface area contributed by atoms with E-state index in [0.717, 1.165) is 12.8 Å². The molecule has 0 aliphatic rings. The molecular weight excluding hydrogens is 426 g/mol. The smallest absolute Gasteiger partial charge is 0.266 e. The number of nitrogens with zero attached hydrogens (tertiary/aromatic N) is 3. The number of unbranched alkanes of at least 4 members (excludes halogenated alkanes) is 1. The molecule has 1 atom stereocenters. The van der Waals surface area contributed by atoms with E-state index in [9.17, 15) is 9.59 Å². The molecule has 0 aliphatic heterocycles.